The lowest BCUT2D eigenvalue weighted by molar-refractivity contribution is -0.143. The van der Waals surface area contributed by atoms with E-state index in [1.54, 1.807) is 0 Å². The zero-order chi connectivity index (χ0) is 12.8. The number of nitrogens with zero attached hydrogens (tertiary/aromatic N) is 1. The van der Waals surface area contributed by atoms with Crippen LogP contribution in [0.15, 0.2) is 0 Å². The first-order chi connectivity index (χ1) is 8.11. The van der Waals surface area contributed by atoms with Gasteiger partial charge in [0, 0.05) is 12.1 Å². The van der Waals surface area contributed by atoms with Crippen LogP contribution in [-0.2, 0) is 9.53 Å². The van der Waals surface area contributed by atoms with Gasteiger partial charge in [0.25, 0.3) is 0 Å². The van der Waals surface area contributed by atoms with E-state index in [4.69, 9.17) is 4.74 Å². The van der Waals surface area contributed by atoms with Crippen LogP contribution in [0.25, 0.3) is 0 Å². The highest BCUT2D eigenvalue weighted by atomic mass is 16.5. The normalized spacial score (nSPS) is 26.4. The summed E-state index contributed by atoms with van der Waals surface area (Å²) in [5.74, 6) is -1.09. The van der Waals surface area contributed by atoms with Crippen LogP contribution in [0.3, 0.4) is 0 Å². The Morgan fingerprint density at radius 3 is 2.65 bits per heavy atom. The maximum Gasteiger partial charge on any atom is 0.310 e. The Hall–Kier alpha value is -0.610. The summed E-state index contributed by atoms with van der Waals surface area (Å²) in [6, 6.07) is 0.488. The Balaban J connectivity index is 2.71. The summed E-state index contributed by atoms with van der Waals surface area (Å²) in [7, 11) is 0. The second-order valence-electron chi connectivity index (χ2n) is 4.93. The summed E-state index contributed by atoms with van der Waals surface area (Å²) < 4.78 is 5.36. The van der Waals surface area contributed by atoms with Gasteiger partial charge in [-0.2, -0.15) is 0 Å². The van der Waals surface area contributed by atoms with Gasteiger partial charge in [-0.25, -0.2) is 0 Å². The molecule has 0 bridgehead atoms. The molecule has 100 valence electrons. The van der Waals surface area contributed by atoms with Crippen LogP contribution in [0.4, 0.5) is 0 Å². The second kappa shape index (κ2) is 6.97. The number of hydrogen-bond donors (Lipinski definition) is 1. The Labute approximate surface area is 104 Å². The third-order valence-electron chi connectivity index (χ3n) is 3.55. The molecule has 0 aromatic heterocycles. The monoisotopic (exact) mass is 243 g/mol. The fourth-order valence-corrected chi connectivity index (χ4v) is 2.66. The number of carboxylic acid groups (broad SMARTS) is 1. The molecule has 4 nitrogen and oxygen atoms in total. The Morgan fingerprint density at radius 2 is 2.12 bits per heavy atom. The number of hydrogen-bond acceptors (Lipinski definition) is 3. The molecule has 0 radical (unpaired) electrons. The smallest absolute Gasteiger partial charge is 0.310 e. The van der Waals surface area contributed by atoms with Gasteiger partial charge in [0.2, 0.25) is 0 Å². The van der Waals surface area contributed by atoms with Crippen molar-refractivity contribution < 1.29 is 14.6 Å². The molecule has 0 saturated carbocycles. The van der Waals surface area contributed by atoms with Crippen molar-refractivity contribution in [2.24, 2.45) is 5.92 Å². The Morgan fingerprint density at radius 1 is 1.41 bits per heavy atom. The van der Waals surface area contributed by atoms with Crippen LogP contribution >= 0.6 is 0 Å². The zero-order valence-electron chi connectivity index (χ0n) is 11.2. The molecule has 1 saturated heterocycles. The molecule has 3 unspecified atom stereocenters. The average molecular weight is 243 g/mol. The molecule has 0 aromatic rings. The molecular formula is C13H25NO3. The van der Waals surface area contributed by atoms with Crippen LogP contribution in [0.2, 0.25) is 0 Å². The lowest BCUT2D eigenvalue weighted by atomic mass is 9.99. The van der Waals surface area contributed by atoms with Crippen molar-refractivity contribution in [3.05, 3.63) is 0 Å². The number of aliphatic carboxylic acids is 1. The standard InChI is InChI=1S/C13H25NO3/c1-4-6-10(3)14(7-5-2)12-9-17-8-11(12)13(15)16/h10-12H,4-9H2,1-3H3,(H,15,16). The van der Waals surface area contributed by atoms with E-state index in [0.717, 1.165) is 25.8 Å². The van der Waals surface area contributed by atoms with Gasteiger partial charge in [-0.05, 0) is 26.3 Å². The summed E-state index contributed by atoms with van der Waals surface area (Å²) in [4.78, 5) is 13.5. The quantitative estimate of drug-likeness (QED) is 0.743. The fraction of sp³-hybridized carbons (Fsp3) is 0.923. The highest BCUT2D eigenvalue weighted by Gasteiger charge is 2.38. The number of ether oxygens (including phenoxy) is 1. The first-order valence-corrected chi connectivity index (χ1v) is 6.68. The van der Waals surface area contributed by atoms with Crippen molar-refractivity contribution in [3.63, 3.8) is 0 Å². The maximum atomic E-state index is 11.2. The molecule has 1 aliphatic heterocycles. The molecule has 0 spiro atoms. The number of carbonyl (C=O) groups is 1. The Kier molecular flexibility index (Phi) is 5.92. The number of carboxylic acids is 1. The minimum absolute atomic E-state index is 0.0500. The molecule has 4 heteroatoms. The van der Waals surface area contributed by atoms with Gasteiger partial charge in [0.05, 0.1) is 19.1 Å². The van der Waals surface area contributed by atoms with Gasteiger partial charge in [-0.1, -0.05) is 20.3 Å². The second-order valence-corrected chi connectivity index (χ2v) is 4.93. The van der Waals surface area contributed by atoms with E-state index >= 15 is 0 Å². The minimum atomic E-state index is -0.725. The molecule has 1 rings (SSSR count). The van der Waals surface area contributed by atoms with Crippen LogP contribution < -0.4 is 0 Å². The molecule has 0 aliphatic carbocycles. The van der Waals surface area contributed by atoms with E-state index in [9.17, 15) is 9.90 Å². The topological polar surface area (TPSA) is 49.8 Å². The summed E-state index contributed by atoms with van der Waals surface area (Å²) in [6.45, 7) is 8.37. The third kappa shape index (κ3) is 3.68. The van der Waals surface area contributed by atoms with E-state index in [2.05, 4.69) is 25.7 Å². The molecule has 1 aliphatic rings. The van der Waals surface area contributed by atoms with E-state index in [1.807, 2.05) is 0 Å². The molecule has 0 aromatic carbocycles. The fourth-order valence-electron chi connectivity index (χ4n) is 2.66. The van der Waals surface area contributed by atoms with Crippen LogP contribution in [0, 0.1) is 5.92 Å². The van der Waals surface area contributed by atoms with Crippen LogP contribution in [0.1, 0.15) is 40.0 Å². The van der Waals surface area contributed by atoms with Crippen molar-refractivity contribution in [1.29, 1.82) is 0 Å². The van der Waals surface area contributed by atoms with Gasteiger partial charge in [-0.15, -0.1) is 0 Å². The largest absolute Gasteiger partial charge is 0.481 e. The molecule has 0 amide bonds. The van der Waals surface area contributed by atoms with E-state index in [1.165, 1.54) is 0 Å². The molecule has 1 N–H and O–H groups in total. The highest BCUT2D eigenvalue weighted by molar-refractivity contribution is 5.71. The van der Waals surface area contributed by atoms with Gasteiger partial charge >= 0.3 is 5.97 Å². The molecule has 1 heterocycles. The zero-order valence-corrected chi connectivity index (χ0v) is 11.2. The molecule has 1 fully saturated rings. The predicted octanol–water partition coefficient (Wildman–Crippen LogP) is 1.99. The van der Waals surface area contributed by atoms with Crippen molar-refractivity contribution >= 4 is 5.97 Å². The van der Waals surface area contributed by atoms with Crippen LogP contribution in [-0.4, -0.2) is 47.8 Å². The number of rotatable bonds is 7. The summed E-state index contributed by atoms with van der Waals surface area (Å²) >= 11 is 0. The SMILES string of the molecule is CCCC(C)N(CCC)C1COCC1C(=O)O. The summed E-state index contributed by atoms with van der Waals surface area (Å²) in [5.41, 5.74) is 0. The third-order valence-corrected chi connectivity index (χ3v) is 3.55. The van der Waals surface area contributed by atoms with Gasteiger partial charge < -0.3 is 9.84 Å². The minimum Gasteiger partial charge on any atom is -0.481 e. The van der Waals surface area contributed by atoms with Gasteiger partial charge in [0.1, 0.15) is 0 Å². The maximum absolute atomic E-state index is 11.2. The van der Waals surface area contributed by atoms with Crippen LogP contribution in [0.5, 0.6) is 0 Å². The Bertz CT molecular complexity index is 245. The van der Waals surface area contributed by atoms with Crippen molar-refractivity contribution in [1.82, 2.24) is 4.90 Å². The van der Waals surface area contributed by atoms with E-state index in [-0.39, 0.29) is 12.0 Å². The highest BCUT2D eigenvalue weighted by Crippen LogP contribution is 2.23. The van der Waals surface area contributed by atoms with Crippen molar-refractivity contribution in [2.75, 3.05) is 19.8 Å². The average Bonchev–Trinajstić information content (AvgIpc) is 2.74. The first-order valence-electron chi connectivity index (χ1n) is 6.68. The first kappa shape index (κ1) is 14.5. The van der Waals surface area contributed by atoms with Gasteiger partial charge in [0.15, 0.2) is 0 Å². The van der Waals surface area contributed by atoms with E-state index < -0.39 is 5.97 Å². The summed E-state index contributed by atoms with van der Waals surface area (Å²) in [6.07, 6.45) is 3.30. The lowest BCUT2D eigenvalue weighted by Crippen LogP contribution is -2.48. The molecule has 17 heavy (non-hydrogen) atoms. The van der Waals surface area contributed by atoms with Gasteiger partial charge in [-0.3, -0.25) is 9.69 Å². The van der Waals surface area contributed by atoms with Crippen molar-refractivity contribution in [3.8, 4) is 0 Å². The van der Waals surface area contributed by atoms with Crippen molar-refractivity contribution in [2.45, 2.75) is 52.1 Å². The lowest BCUT2D eigenvalue weighted by Gasteiger charge is -2.35. The summed E-state index contributed by atoms with van der Waals surface area (Å²) in [5, 5.41) is 9.21. The predicted molar refractivity (Wildman–Crippen MR) is 67.1 cm³/mol. The molecular weight excluding hydrogens is 218 g/mol. The molecule has 3 atom stereocenters. The van der Waals surface area contributed by atoms with E-state index in [0.29, 0.717) is 19.3 Å².